The molecule has 0 aliphatic carbocycles. The molecule has 6 heteroatoms. The van der Waals surface area contributed by atoms with E-state index < -0.39 is 6.04 Å². The van der Waals surface area contributed by atoms with Crippen LogP contribution >= 0.6 is 11.6 Å². The number of anilines is 1. The Morgan fingerprint density at radius 1 is 1.04 bits per heavy atom. The predicted octanol–water partition coefficient (Wildman–Crippen LogP) is 4.66. The van der Waals surface area contributed by atoms with Gasteiger partial charge in [0.1, 0.15) is 12.4 Å². The summed E-state index contributed by atoms with van der Waals surface area (Å²) in [6.07, 6.45) is 0. The number of hydrogen-bond donors (Lipinski definition) is 1. The fourth-order valence-corrected chi connectivity index (χ4v) is 3.60. The molecule has 1 N–H and O–H groups in total. The van der Waals surface area contributed by atoms with Gasteiger partial charge in [-0.1, -0.05) is 41.9 Å². The molecule has 0 saturated heterocycles. The summed E-state index contributed by atoms with van der Waals surface area (Å²) in [7, 11) is 0. The van der Waals surface area contributed by atoms with Crippen LogP contribution in [0.2, 0.25) is 5.02 Å². The zero-order chi connectivity index (χ0) is 19.7. The topological polar surface area (TPSA) is 49.4 Å². The number of nitrogens with one attached hydrogen (secondary N) is 1. The molecular weight excluding hydrogens is 379 g/mol. The van der Waals surface area contributed by atoms with E-state index in [4.69, 9.17) is 11.6 Å². The molecule has 1 aliphatic rings. The lowest BCUT2D eigenvalue weighted by Gasteiger charge is -2.30. The lowest BCUT2D eigenvalue weighted by atomic mass is 9.95. The maximum Gasteiger partial charge on any atom is 0.255 e. The summed E-state index contributed by atoms with van der Waals surface area (Å²) in [6, 6.07) is 19.2. The van der Waals surface area contributed by atoms with Gasteiger partial charge in [0.2, 0.25) is 5.91 Å². The summed E-state index contributed by atoms with van der Waals surface area (Å²) in [6.45, 7) is -0.137. The summed E-state index contributed by atoms with van der Waals surface area (Å²) in [5.74, 6) is -0.978. The molecule has 2 amide bonds. The van der Waals surface area contributed by atoms with E-state index >= 15 is 0 Å². The molecule has 0 spiro atoms. The third-order valence-electron chi connectivity index (χ3n) is 4.68. The second kappa shape index (κ2) is 7.44. The monoisotopic (exact) mass is 394 g/mol. The molecule has 1 heterocycles. The predicted molar refractivity (Wildman–Crippen MR) is 106 cm³/mol. The third-order valence-corrected chi connectivity index (χ3v) is 4.91. The lowest BCUT2D eigenvalue weighted by molar-refractivity contribution is -0.117. The Morgan fingerprint density at radius 3 is 2.46 bits per heavy atom. The van der Waals surface area contributed by atoms with Crippen molar-refractivity contribution in [2.24, 2.45) is 0 Å². The second-order valence-corrected chi connectivity index (χ2v) is 6.97. The van der Waals surface area contributed by atoms with Gasteiger partial charge in [-0.25, -0.2) is 4.39 Å². The van der Waals surface area contributed by atoms with Gasteiger partial charge >= 0.3 is 0 Å². The van der Waals surface area contributed by atoms with Gasteiger partial charge in [-0.05, 0) is 48.0 Å². The second-order valence-electron chi connectivity index (χ2n) is 6.53. The Kier molecular flexibility index (Phi) is 4.84. The Bertz CT molecular complexity index is 1040. The van der Waals surface area contributed by atoms with Gasteiger partial charge in [-0.2, -0.15) is 0 Å². The highest BCUT2D eigenvalue weighted by Gasteiger charge is 2.34. The van der Waals surface area contributed by atoms with E-state index in [1.54, 1.807) is 54.6 Å². The number of carbonyl (C=O) groups excluding carboxylic acids is 2. The number of halogens is 2. The van der Waals surface area contributed by atoms with E-state index in [9.17, 15) is 14.0 Å². The van der Waals surface area contributed by atoms with Crippen molar-refractivity contribution in [3.63, 3.8) is 0 Å². The minimum absolute atomic E-state index is 0.137. The maximum absolute atomic E-state index is 13.5. The van der Waals surface area contributed by atoms with Crippen molar-refractivity contribution in [1.82, 2.24) is 4.90 Å². The SMILES string of the molecule is O=C1CN(C(=O)c2ccccc2)C(c2ccc(F)cc2)c2cc(Cl)ccc2N1. The average Bonchev–Trinajstić information content (AvgIpc) is 2.84. The molecule has 0 aromatic heterocycles. The van der Waals surface area contributed by atoms with Gasteiger partial charge in [0, 0.05) is 21.8 Å². The molecule has 1 unspecified atom stereocenters. The van der Waals surface area contributed by atoms with E-state index in [2.05, 4.69) is 5.32 Å². The van der Waals surface area contributed by atoms with Crippen molar-refractivity contribution in [2.45, 2.75) is 6.04 Å². The first-order valence-electron chi connectivity index (χ1n) is 8.74. The van der Waals surface area contributed by atoms with Crippen LogP contribution in [0.5, 0.6) is 0 Å². The van der Waals surface area contributed by atoms with Gasteiger partial charge in [-0.3, -0.25) is 9.59 Å². The van der Waals surface area contributed by atoms with Gasteiger partial charge in [0.15, 0.2) is 0 Å². The van der Waals surface area contributed by atoms with Crippen molar-refractivity contribution in [2.75, 3.05) is 11.9 Å². The number of amides is 2. The van der Waals surface area contributed by atoms with E-state index in [-0.39, 0.29) is 24.2 Å². The lowest BCUT2D eigenvalue weighted by Crippen LogP contribution is -2.39. The summed E-state index contributed by atoms with van der Waals surface area (Å²) in [4.78, 5) is 27.3. The largest absolute Gasteiger partial charge is 0.324 e. The number of fused-ring (bicyclic) bond motifs is 1. The molecule has 0 radical (unpaired) electrons. The highest BCUT2D eigenvalue weighted by molar-refractivity contribution is 6.30. The van der Waals surface area contributed by atoms with Crippen LogP contribution in [0.25, 0.3) is 0 Å². The zero-order valence-corrected chi connectivity index (χ0v) is 15.5. The van der Waals surface area contributed by atoms with Crippen molar-refractivity contribution in [3.05, 3.63) is 100 Å². The van der Waals surface area contributed by atoms with Gasteiger partial charge < -0.3 is 10.2 Å². The number of carbonyl (C=O) groups is 2. The van der Waals surface area contributed by atoms with E-state index in [0.717, 1.165) is 0 Å². The smallest absolute Gasteiger partial charge is 0.255 e. The van der Waals surface area contributed by atoms with Crippen LogP contribution in [0.3, 0.4) is 0 Å². The normalized spacial score (nSPS) is 16.1. The van der Waals surface area contributed by atoms with Crippen LogP contribution in [0.15, 0.2) is 72.8 Å². The molecule has 3 aromatic carbocycles. The fraction of sp³-hybridized carbons (Fsp3) is 0.0909. The third kappa shape index (κ3) is 3.49. The minimum Gasteiger partial charge on any atom is -0.324 e. The van der Waals surface area contributed by atoms with Crippen LogP contribution in [-0.4, -0.2) is 23.3 Å². The molecule has 3 aromatic rings. The van der Waals surface area contributed by atoms with Crippen LogP contribution in [-0.2, 0) is 4.79 Å². The molecule has 0 bridgehead atoms. The number of hydrogen-bond acceptors (Lipinski definition) is 2. The Morgan fingerprint density at radius 2 is 1.75 bits per heavy atom. The van der Waals surface area contributed by atoms with Gasteiger partial charge in [0.05, 0.1) is 6.04 Å². The van der Waals surface area contributed by atoms with Crippen molar-refractivity contribution >= 4 is 29.1 Å². The summed E-state index contributed by atoms with van der Waals surface area (Å²) in [5, 5.41) is 3.31. The van der Waals surface area contributed by atoms with E-state index in [0.29, 0.717) is 27.4 Å². The Balaban J connectivity index is 1.90. The van der Waals surface area contributed by atoms with Gasteiger partial charge in [-0.15, -0.1) is 0 Å². The van der Waals surface area contributed by atoms with E-state index in [1.165, 1.54) is 17.0 Å². The number of nitrogens with zero attached hydrogens (tertiary/aromatic N) is 1. The van der Waals surface area contributed by atoms with Crippen LogP contribution in [0.1, 0.15) is 27.5 Å². The highest BCUT2D eigenvalue weighted by atomic mass is 35.5. The first-order chi connectivity index (χ1) is 13.5. The fourth-order valence-electron chi connectivity index (χ4n) is 3.42. The van der Waals surface area contributed by atoms with Crippen molar-refractivity contribution in [3.8, 4) is 0 Å². The molecule has 4 nitrogen and oxygen atoms in total. The standard InChI is InChI=1S/C22H16ClFN2O2/c23-16-8-11-19-18(12-16)21(14-6-9-17(24)10-7-14)26(13-20(27)25-19)22(28)15-4-2-1-3-5-15/h1-12,21H,13H2,(H,25,27). The summed E-state index contributed by atoms with van der Waals surface area (Å²) < 4.78 is 13.5. The highest BCUT2D eigenvalue weighted by Crippen LogP contribution is 2.38. The van der Waals surface area contributed by atoms with E-state index in [1.807, 2.05) is 6.07 Å². The molecule has 1 atom stereocenters. The Hall–Kier alpha value is -3.18. The van der Waals surface area contributed by atoms with Crippen LogP contribution < -0.4 is 5.32 Å². The van der Waals surface area contributed by atoms with Crippen molar-refractivity contribution in [1.29, 1.82) is 0 Å². The number of benzene rings is 3. The first kappa shape index (κ1) is 18.2. The quantitative estimate of drug-likeness (QED) is 0.687. The molecule has 140 valence electrons. The molecule has 4 rings (SSSR count). The molecule has 0 saturated carbocycles. The zero-order valence-electron chi connectivity index (χ0n) is 14.7. The molecule has 0 fully saturated rings. The maximum atomic E-state index is 13.5. The minimum atomic E-state index is -0.596. The van der Waals surface area contributed by atoms with Crippen LogP contribution in [0, 0.1) is 5.82 Å². The van der Waals surface area contributed by atoms with Crippen molar-refractivity contribution < 1.29 is 14.0 Å². The molecule has 28 heavy (non-hydrogen) atoms. The average molecular weight is 395 g/mol. The molecule has 1 aliphatic heterocycles. The number of rotatable bonds is 2. The molecular formula is C22H16ClFN2O2. The van der Waals surface area contributed by atoms with Crippen LogP contribution in [0.4, 0.5) is 10.1 Å². The van der Waals surface area contributed by atoms with Gasteiger partial charge in [0.25, 0.3) is 5.91 Å². The summed E-state index contributed by atoms with van der Waals surface area (Å²) >= 11 is 6.21. The Labute approximate surface area is 166 Å². The summed E-state index contributed by atoms with van der Waals surface area (Å²) in [5.41, 5.74) is 2.40. The first-order valence-corrected chi connectivity index (χ1v) is 9.11.